The maximum atomic E-state index is 12.6. The number of carbonyl (C=O) groups is 1. The fourth-order valence-electron chi connectivity index (χ4n) is 2.76. The van der Waals surface area contributed by atoms with Crippen molar-refractivity contribution >= 4 is 50.5 Å². The van der Waals surface area contributed by atoms with Crippen LogP contribution in [-0.4, -0.2) is 28.0 Å². The maximum Gasteiger partial charge on any atom is 0.262 e. The average molecular weight is 495 g/mol. The van der Waals surface area contributed by atoms with Crippen LogP contribution in [-0.2, 0) is 14.8 Å². The first-order valence-electron chi connectivity index (χ1n) is 9.33. The molecule has 0 atom stereocenters. The zero-order valence-electron chi connectivity index (χ0n) is 17.2. The molecule has 2 N–H and O–H groups in total. The van der Waals surface area contributed by atoms with Crippen LogP contribution in [0.2, 0.25) is 10.0 Å². The van der Waals surface area contributed by atoms with Crippen molar-refractivity contribution in [1.29, 1.82) is 0 Å². The van der Waals surface area contributed by atoms with Gasteiger partial charge in [-0.3, -0.25) is 9.52 Å². The number of hydrogen-bond donors (Lipinski definition) is 2. The minimum Gasteiger partial charge on any atom is -0.495 e. The van der Waals surface area contributed by atoms with Crippen LogP contribution in [0.15, 0.2) is 65.6 Å². The third kappa shape index (κ3) is 6.06. The van der Waals surface area contributed by atoms with E-state index < -0.39 is 10.0 Å². The third-order valence-corrected chi connectivity index (χ3v) is 6.30. The Bertz CT molecular complexity index is 1230. The van der Waals surface area contributed by atoms with Crippen LogP contribution in [0.3, 0.4) is 0 Å². The summed E-state index contributed by atoms with van der Waals surface area (Å²) in [5.41, 5.74) is 1.76. The number of anilines is 2. The van der Waals surface area contributed by atoms with Gasteiger partial charge in [0.1, 0.15) is 11.5 Å². The Hall–Kier alpha value is -2.94. The summed E-state index contributed by atoms with van der Waals surface area (Å²) in [7, 11) is -2.37. The number of benzene rings is 3. The van der Waals surface area contributed by atoms with Crippen molar-refractivity contribution in [1.82, 2.24) is 0 Å². The number of rotatable bonds is 8. The van der Waals surface area contributed by atoms with Crippen molar-refractivity contribution in [2.45, 2.75) is 11.8 Å². The summed E-state index contributed by atoms with van der Waals surface area (Å²) in [4.78, 5) is 12.2. The predicted octanol–water partition coefficient (Wildman–Crippen LogP) is 5.13. The first-order valence-corrected chi connectivity index (χ1v) is 11.6. The van der Waals surface area contributed by atoms with E-state index in [4.69, 9.17) is 32.7 Å². The molecule has 1 amide bonds. The molecule has 32 heavy (non-hydrogen) atoms. The highest BCUT2D eigenvalue weighted by Gasteiger charge is 2.15. The van der Waals surface area contributed by atoms with Gasteiger partial charge in [0.25, 0.3) is 15.9 Å². The minimum atomic E-state index is -3.84. The molecule has 0 unspecified atom stereocenters. The molecule has 0 fully saturated rings. The van der Waals surface area contributed by atoms with Crippen LogP contribution in [0, 0.1) is 6.92 Å². The molecule has 0 heterocycles. The smallest absolute Gasteiger partial charge is 0.262 e. The third-order valence-electron chi connectivity index (χ3n) is 4.37. The quantitative estimate of drug-likeness (QED) is 0.452. The van der Waals surface area contributed by atoms with E-state index in [1.165, 1.54) is 37.4 Å². The lowest BCUT2D eigenvalue weighted by Crippen LogP contribution is -2.20. The molecule has 0 radical (unpaired) electrons. The second-order valence-electron chi connectivity index (χ2n) is 6.72. The van der Waals surface area contributed by atoms with E-state index in [0.717, 1.165) is 5.56 Å². The summed E-state index contributed by atoms with van der Waals surface area (Å²) in [5.74, 6) is 0.427. The van der Waals surface area contributed by atoms with E-state index in [9.17, 15) is 13.2 Å². The van der Waals surface area contributed by atoms with Gasteiger partial charge in [0.15, 0.2) is 6.61 Å². The zero-order chi connectivity index (χ0) is 23.3. The summed E-state index contributed by atoms with van der Waals surface area (Å²) in [5, 5.41) is 3.60. The van der Waals surface area contributed by atoms with E-state index in [1.54, 1.807) is 30.3 Å². The monoisotopic (exact) mass is 494 g/mol. The normalized spacial score (nSPS) is 11.0. The highest BCUT2D eigenvalue weighted by Crippen LogP contribution is 2.28. The van der Waals surface area contributed by atoms with E-state index in [-0.39, 0.29) is 22.4 Å². The molecule has 3 aromatic rings. The van der Waals surface area contributed by atoms with Gasteiger partial charge < -0.3 is 14.8 Å². The van der Waals surface area contributed by atoms with Gasteiger partial charge >= 0.3 is 0 Å². The maximum absolute atomic E-state index is 12.6. The molecule has 0 saturated heterocycles. The van der Waals surface area contributed by atoms with Crippen molar-refractivity contribution < 1.29 is 22.7 Å². The van der Waals surface area contributed by atoms with Crippen LogP contribution in [0.5, 0.6) is 11.5 Å². The molecule has 168 valence electrons. The Labute approximate surface area is 196 Å². The summed E-state index contributed by atoms with van der Waals surface area (Å²) in [6.07, 6.45) is 0. The van der Waals surface area contributed by atoms with E-state index in [0.29, 0.717) is 27.9 Å². The number of sulfonamides is 1. The first-order chi connectivity index (χ1) is 15.2. The molecule has 0 aromatic heterocycles. The van der Waals surface area contributed by atoms with Gasteiger partial charge in [-0.05, 0) is 73.2 Å². The summed E-state index contributed by atoms with van der Waals surface area (Å²) in [6.45, 7) is 1.59. The Morgan fingerprint density at radius 2 is 1.72 bits per heavy atom. The van der Waals surface area contributed by atoms with Gasteiger partial charge in [0, 0.05) is 10.7 Å². The van der Waals surface area contributed by atoms with Gasteiger partial charge in [0.05, 0.1) is 22.7 Å². The second kappa shape index (κ2) is 10.1. The topological polar surface area (TPSA) is 93.7 Å². The minimum absolute atomic E-state index is 0.0260. The van der Waals surface area contributed by atoms with Crippen LogP contribution < -0.4 is 19.5 Å². The highest BCUT2D eigenvalue weighted by atomic mass is 35.5. The Morgan fingerprint density at radius 3 is 2.34 bits per heavy atom. The molecule has 0 spiro atoms. The molecule has 3 rings (SSSR count). The lowest BCUT2D eigenvalue weighted by Gasteiger charge is -2.11. The molecule has 0 aliphatic carbocycles. The van der Waals surface area contributed by atoms with E-state index in [1.807, 2.05) is 6.92 Å². The Morgan fingerprint density at radius 1 is 1.00 bits per heavy atom. The molecular formula is C22H20Cl2N2O5S. The summed E-state index contributed by atoms with van der Waals surface area (Å²) in [6, 6.07) is 15.4. The number of methoxy groups -OCH3 is 1. The number of amides is 1. The summed E-state index contributed by atoms with van der Waals surface area (Å²) >= 11 is 11.9. The SMILES string of the molecule is COc1ccc(NS(=O)(=O)c2ccc(OCC(=O)Nc3ccc(Cl)cc3C)cc2)cc1Cl. The van der Waals surface area contributed by atoms with Gasteiger partial charge in [-0.1, -0.05) is 23.2 Å². The predicted molar refractivity (Wildman–Crippen MR) is 126 cm³/mol. The van der Waals surface area contributed by atoms with Gasteiger partial charge in [-0.15, -0.1) is 0 Å². The standard InChI is InChI=1S/C22H20Cl2N2O5S/c1-14-11-15(23)3-9-20(14)25-22(27)13-31-17-5-7-18(8-6-17)32(28,29)26-16-4-10-21(30-2)19(24)12-16/h3-12,26H,13H2,1-2H3,(H,25,27). The van der Waals surface area contributed by atoms with Gasteiger partial charge in [-0.25, -0.2) is 8.42 Å². The number of aryl methyl sites for hydroxylation is 1. The van der Waals surface area contributed by atoms with Crippen molar-refractivity contribution in [3.05, 3.63) is 76.3 Å². The van der Waals surface area contributed by atoms with Crippen molar-refractivity contribution in [2.24, 2.45) is 0 Å². The lowest BCUT2D eigenvalue weighted by atomic mass is 10.2. The van der Waals surface area contributed by atoms with Crippen molar-refractivity contribution in [3.8, 4) is 11.5 Å². The Kier molecular flexibility index (Phi) is 7.50. The van der Waals surface area contributed by atoms with Crippen molar-refractivity contribution in [2.75, 3.05) is 23.8 Å². The van der Waals surface area contributed by atoms with E-state index in [2.05, 4.69) is 10.0 Å². The van der Waals surface area contributed by atoms with Crippen LogP contribution in [0.1, 0.15) is 5.56 Å². The lowest BCUT2D eigenvalue weighted by molar-refractivity contribution is -0.118. The van der Waals surface area contributed by atoms with Gasteiger partial charge in [0.2, 0.25) is 0 Å². The largest absolute Gasteiger partial charge is 0.495 e. The molecule has 0 bridgehead atoms. The van der Waals surface area contributed by atoms with E-state index >= 15 is 0 Å². The molecule has 3 aromatic carbocycles. The molecular weight excluding hydrogens is 475 g/mol. The number of hydrogen-bond acceptors (Lipinski definition) is 5. The Balaban J connectivity index is 1.60. The van der Waals surface area contributed by atoms with Crippen molar-refractivity contribution in [3.63, 3.8) is 0 Å². The number of carbonyl (C=O) groups excluding carboxylic acids is 1. The average Bonchev–Trinajstić information content (AvgIpc) is 2.74. The first kappa shape index (κ1) is 23.7. The number of nitrogens with one attached hydrogen (secondary N) is 2. The fraction of sp³-hybridized carbons (Fsp3) is 0.136. The molecule has 0 saturated carbocycles. The summed E-state index contributed by atoms with van der Waals surface area (Å²) < 4.78 is 38.2. The van der Waals surface area contributed by atoms with Crippen LogP contribution >= 0.6 is 23.2 Å². The zero-order valence-corrected chi connectivity index (χ0v) is 19.5. The highest BCUT2D eigenvalue weighted by molar-refractivity contribution is 7.92. The van der Waals surface area contributed by atoms with Crippen LogP contribution in [0.4, 0.5) is 11.4 Å². The van der Waals surface area contributed by atoms with Crippen LogP contribution in [0.25, 0.3) is 0 Å². The number of halogens is 2. The van der Waals surface area contributed by atoms with Gasteiger partial charge in [-0.2, -0.15) is 0 Å². The second-order valence-corrected chi connectivity index (χ2v) is 9.25. The number of ether oxygens (including phenoxy) is 2. The molecule has 10 heteroatoms. The fourth-order valence-corrected chi connectivity index (χ4v) is 4.30. The molecule has 0 aliphatic rings. The molecule has 0 aliphatic heterocycles. The molecule has 7 nitrogen and oxygen atoms in total.